The molecule has 1 saturated heterocycles. The van der Waals surface area contributed by atoms with Gasteiger partial charge in [0.15, 0.2) is 11.6 Å². The van der Waals surface area contributed by atoms with Crippen molar-refractivity contribution in [1.29, 1.82) is 0 Å². The van der Waals surface area contributed by atoms with Crippen LogP contribution in [0.15, 0.2) is 24.3 Å². The van der Waals surface area contributed by atoms with Crippen LogP contribution in [0.5, 0.6) is 5.75 Å². The quantitative estimate of drug-likeness (QED) is 0.453. The highest BCUT2D eigenvalue weighted by Gasteiger charge is 2.36. The van der Waals surface area contributed by atoms with E-state index in [9.17, 15) is 14.3 Å². The van der Waals surface area contributed by atoms with E-state index in [0.29, 0.717) is 30.8 Å². The molecule has 4 rings (SSSR count). The van der Waals surface area contributed by atoms with Gasteiger partial charge in [0, 0.05) is 37.5 Å². The summed E-state index contributed by atoms with van der Waals surface area (Å²) in [6.07, 6.45) is 7.04. The molecule has 2 aromatic rings. The molecule has 0 unspecified atom stereocenters. The number of aliphatic carboxylic acids is 1. The number of fused-ring (bicyclic) bond motifs is 1. The number of carbonyl (C=O) groups is 1. The number of likely N-dealkylation sites (tertiary alicyclic amines) is 1. The van der Waals surface area contributed by atoms with Gasteiger partial charge in [-0.15, -0.1) is 0 Å². The standard InChI is InChI=1S/C27H36FN3O4/c1-18-15-22(25(34-2)23(28)16-18)24(27(32)33)31-13-11-21(17-31)35-14-5-3-4-8-20-10-9-19-7-6-12-29-26(19)30-20/h9-10,15-16,21,24H,3-8,11-14,17H2,1-2H3,(H,29,30)(H,32,33)/t21-,24-/m1/s1. The average Bonchev–Trinajstić information content (AvgIpc) is 3.29. The molecule has 1 aromatic carbocycles. The number of ether oxygens (including phenoxy) is 2. The molecule has 35 heavy (non-hydrogen) atoms. The lowest BCUT2D eigenvalue weighted by molar-refractivity contribution is -0.143. The molecule has 3 heterocycles. The maximum Gasteiger partial charge on any atom is 0.325 e. The molecule has 2 aliphatic rings. The molecular formula is C27H36FN3O4. The van der Waals surface area contributed by atoms with Crippen LogP contribution in [0.25, 0.3) is 0 Å². The largest absolute Gasteiger partial charge is 0.493 e. The second-order valence-electron chi connectivity index (χ2n) is 9.54. The second kappa shape index (κ2) is 11.8. The van der Waals surface area contributed by atoms with Crippen molar-refractivity contribution < 1.29 is 23.8 Å². The van der Waals surface area contributed by atoms with Crippen molar-refractivity contribution >= 4 is 11.8 Å². The molecule has 2 N–H and O–H groups in total. The summed E-state index contributed by atoms with van der Waals surface area (Å²) < 4.78 is 25.7. The van der Waals surface area contributed by atoms with Crippen molar-refractivity contribution in [3.8, 4) is 5.75 Å². The minimum absolute atomic E-state index is 0.00318. The van der Waals surface area contributed by atoms with Crippen molar-refractivity contribution in [2.24, 2.45) is 0 Å². The highest BCUT2D eigenvalue weighted by Crippen LogP contribution is 2.35. The predicted octanol–water partition coefficient (Wildman–Crippen LogP) is 4.53. The molecule has 2 atom stereocenters. The Morgan fingerprint density at radius 1 is 1.31 bits per heavy atom. The molecule has 8 heteroatoms. The van der Waals surface area contributed by atoms with Crippen LogP contribution in [0.4, 0.5) is 10.2 Å². The summed E-state index contributed by atoms with van der Waals surface area (Å²) in [5, 5.41) is 13.3. The third-order valence-electron chi connectivity index (χ3n) is 6.87. The van der Waals surface area contributed by atoms with Crippen LogP contribution in [-0.2, 0) is 22.4 Å². The molecule has 0 saturated carbocycles. The van der Waals surface area contributed by atoms with E-state index in [1.807, 2.05) is 4.90 Å². The summed E-state index contributed by atoms with van der Waals surface area (Å²) in [6.45, 7) is 4.49. The van der Waals surface area contributed by atoms with Crippen molar-refractivity contribution in [3.63, 3.8) is 0 Å². The highest BCUT2D eigenvalue weighted by atomic mass is 19.1. The Morgan fingerprint density at radius 2 is 2.17 bits per heavy atom. The number of nitrogens with one attached hydrogen (secondary N) is 1. The van der Waals surface area contributed by atoms with E-state index in [0.717, 1.165) is 56.6 Å². The monoisotopic (exact) mass is 485 g/mol. The summed E-state index contributed by atoms with van der Waals surface area (Å²) in [4.78, 5) is 18.7. The van der Waals surface area contributed by atoms with E-state index in [-0.39, 0.29) is 11.9 Å². The minimum atomic E-state index is -1.01. The fraction of sp³-hybridized carbons (Fsp3) is 0.556. The number of anilines is 1. The maximum absolute atomic E-state index is 14.4. The van der Waals surface area contributed by atoms with Crippen LogP contribution in [0, 0.1) is 12.7 Å². The molecule has 1 fully saturated rings. The topological polar surface area (TPSA) is 83.9 Å². The molecule has 190 valence electrons. The molecule has 0 radical (unpaired) electrons. The number of pyridine rings is 1. The number of nitrogens with zero attached hydrogens (tertiary/aromatic N) is 2. The summed E-state index contributed by atoms with van der Waals surface area (Å²) in [5.41, 5.74) is 3.46. The van der Waals surface area contributed by atoms with Crippen molar-refractivity contribution in [1.82, 2.24) is 9.88 Å². The number of hydrogen-bond donors (Lipinski definition) is 2. The highest BCUT2D eigenvalue weighted by molar-refractivity contribution is 5.77. The zero-order chi connectivity index (χ0) is 24.8. The number of aryl methyl sites for hydroxylation is 3. The summed E-state index contributed by atoms with van der Waals surface area (Å²) in [7, 11) is 1.37. The summed E-state index contributed by atoms with van der Waals surface area (Å²) >= 11 is 0. The van der Waals surface area contributed by atoms with Gasteiger partial charge in [-0.05, 0) is 74.8 Å². The molecule has 1 aromatic heterocycles. The number of unbranched alkanes of at least 4 members (excludes halogenated alkanes) is 2. The van der Waals surface area contributed by atoms with Crippen molar-refractivity contribution in [2.45, 2.75) is 64.0 Å². The molecule has 2 aliphatic heterocycles. The molecular weight excluding hydrogens is 449 g/mol. The van der Waals surface area contributed by atoms with Gasteiger partial charge in [-0.3, -0.25) is 9.69 Å². The number of halogens is 1. The van der Waals surface area contributed by atoms with Gasteiger partial charge < -0.3 is 19.9 Å². The second-order valence-corrected chi connectivity index (χ2v) is 9.54. The Labute approximate surface area is 206 Å². The number of carboxylic acids is 1. The van der Waals surface area contributed by atoms with E-state index < -0.39 is 17.8 Å². The Kier molecular flexibility index (Phi) is 8.57. The van der Waals surface area contributed by atoms with Crippen LogP contribution in [0.3, 0.4) is 0 Å². The van der Waals surface area contributed by atoms with Gasteiger partial charge >= 0.3 is 5.97 Å². The van der Waals surface area contributed by atoms with Crippen LogP contribution < -0.4 is 10.1 Å². The predicted molar refractivity (Wildman–Crippen MR) is 133 cm³/mol. The first-order valence-electron chi connectivity index (χ1n) is 12.6. The van der Waals surface area contributed by atoms with Crippen LogP contribution in [0.1, 0.15) is 60.5 Å². The van der Waals surface area contributed by atoms with Crippen molar-refractivity contribution in [3.05, 3.63) is 52.5 Å². The van der Waals surface area contributed by atoms with Crippen molar-refractivity contribution in [2.75, 3.05) is 38.7 Å². The minimum Gasteiger partial charge on any atom is -0.493 e. The zero-order valence-electron chi connectivity index (χ0n) is 20.7. The van der Waals surface area contributed by atoms with E-state index >= 15 is 0 Å². The lowest BCUT2D eigenvalue weighted by Gasteiger charge is -2.26. The third-order valence-corrected chi connectivity index (χ3v) is 6.87. The number of hydrogen-bond acceptors (Lipinski definition) is 6. The normalized spacial score (nSPS) is 18.7. The smallest absolute Gasteiger partial charge is 0.325 e. The Hall–Kier alpha value is -2.71. The number of carboxylic acid groups (broad SMARTS) is 1. The van der Waals surface area contributed by atoms with Crippen LogP contribution >= 0.6 is 0 Å². The molecule has 0 spiro atoms. The zero-order valence-corrected chi connectivity index (χ0v) is 20.7. The Balaban J connectivity index is 1.22. The lowest BCUT2D eigenvalue weighted by Crippen LogP contribution is -2.34. The number of methoxy groups -OCH3 is 1. The Bertz CT molecular complexity index is 1030. The van der Waals surface area contributed by atoms with Gasteiger partial charge in [0.1, 0.15) is 11.9 Å². The summed E-state index contributed by atoms with van der Waals surface area (Å²) in [6, 6.07) is 6.43. The molecule has 0 bridgehead atoms. The third kappa shape index (κ3) is 6.30. The lowest BCUT2D eigenvalue weighted by atomic mass is 10.0. The average molecular weight is 486 g/mol. The van der Waals surface area contributed by atoms with E-state index in [2.05, 4.69) is 17.4 Å². The number of aromatic nitrogens is 1. The Morgan fingerprint density at radius 3 is 2.97 bits per heavy atom. The first kappa shape index (κ1) is 25.4. The van der Waals surface area contributed by atoms with E-state index in [1.165, 1.54) is 25.2 Å². The van der Waals surface area contributed by atoms with Gasteiger partial charge in [0.05, 0.1) is 13.2 Å². The SMILES string of the molecule is COc1c(F)cc(C)cc1[C@H](C(=O)O)N1CC[C@@H](OCCCCCc2ccc3c(n2)NCCC3)C1. The molecule has 0 aliphatic carbocycles. The number of rotatable bonds is 11. The number of benzene rings is 1. The van der Waals surface area contributed by atoms with Gasteiger partial charge in [-0.1, -0.05) is 12.5 Å². The fourth-order valence-electron chi connectivity index (χ4n) is 5.13. The fourth-order valence-corrected chi connectivity index (χ4v) is 5.13. The van der Waals surface area contributed by atoms with Crippen LogP contribution in [0.2, 0.25) is 0 Å². The molecule has 0 amide bonds. The van der Waals surface area contributed by atoms with Gasteiger partial charge in [-0.2, -0.15) is 0 Å². The maximum atomic E-state index is 14.4. The van der Waals surface area contributed by atoms with Gasteiger partial charge in [0.2, 0.25) is 0 Å². The van der Waals surface area contributed by atoms with Crippen LogP contribution in [-0.4, -0.2) is 60.4 Å². The first-order valence-corrected chi connectivity index (χ1v) is 12.6. The first-order chi connectivity index (χ1) is 17.0. The van der Waals surface area contributed by atoms with Gasteiger partial charge in [-0.25, -0.2) is 9.37 Å². The molecule has 7 nitrogen and oxygen atoms in total. The van der Waals surface area contributed by atoms with E-state index in [4.69, 9.17) is 14.5 Å². The summed E-state index contributed by atoms with van der Waals surface area (Å²) in [5.74, 6) is -0.507. The van der Waals surface area contributed by atoms with Gasteiger partial charge in [0.25, 0.3) is 0 Å². The van der Waals surface area contributed by atoms with E-state index in [1.54, 1.807) is 13.0 Å².